The normalized spacial score (nSPS) is 20.8. The molecule has 3 fully saturated rings. The molecular formula is C36H51N7O3. The van der Waals surface area contributed by atoms with E-state index < -0.39 is 6.04 Å². The van der Waals surface area contributed by atoms with Crippen LogP contribution in [0.2, 0.25) is 0 Å². The molecule has 0 spiro atoms. The second-order valence-corrected chi connectivity index (χ2v) is 13.5. The van der Waals surface area contributed by atoms with Crippen LogP contribution in [0.4, 0.5) is 15.3 Å². The van der Waals surface area contributed by atoms with E-state index in [-0.39, 0.29) is 24.0 Å². The molecule has 0 bridgehead atoms. The maximum atomic E-state index is 13.9. The average molecular weight is 630 g/mol. The van der Waals surface area contributed by atoms with Gasteiger partial charge >= 0.3 is 12.1 Å². The molecule has 4 aliphatic heterocycles. The number of fused-ring (bicyclic) bond motifs is 1. The first kappa shape index (κ1) is 32.3. The number of hydrogen-bond donors (Lipinski definition) is 2. The standard InChI is InChI=1S/C36H51N7O3/c1-4-27-11-10-26(22-28(27)5-2)23-33(34(44)42-24-31(25-42)40-20-18-39(3)19-21-40)38-35(45)41-15-13-30(14-16-41)43-17-12-29-8-6-7-9-32(29)37-36(43)46/h6-11,22,30-31,33H,4-5,12-21,23-25H2,1-3H3,(H,37,46)(H,38,45)/t33-/m1/s1. The number of rotatable bonds is 8. The number of amides is 5. The van der Waals surface area contributed by atoms with Gasteiger partial charge in [-0.1, -0.05) is 50.2 Å². The van der Waals surface area contributed by atoms with Crippen molar-refractivity contribution in [2.75, 3.05) is 71.3 Å². The Kier molecular flexibility index (Phi) is 10.1. The van der Waals surface area contributed by atoms with E-state index in [9.17, 15) is 14.4 Å². The Bertz CT molecular complexity index is 1390. The fourth-order valence-electron chi connectivity index (χ4n) is 7.55. The number of benzene rings is 2. The molecule has 4 aliphatic rings. The van der Waals surface area contributed by atoms with E-state index in [0.29, 0.717) is 44.9 Å². The minimum atomic E-state index is -0.620. The van der Waals surface area contributed by atoms with Gasteiger partial charge in [0.05, 0.1) is 0 Å². The Morgan fingerprint density at radius 3 is 2.30 bits per heavy atom. The second kappa shape index (κ2) is 14.4. The average Bonchev–Trinajstić information content (AvgIpc) is 3.22. The van der Waals surface area contributed by atoms with E-state index in [1.165, 1.54) is 11.1 Å². The SMILES string of the molecule is CCc1ccc(C[C@@H](NC(=O)N2CCC(N3CCc4ccccc4NC3=O)CC2)C(=O)N2CC(N3CCN(C)CC3)C2)cc1CC. The highest BCUT2D eigenvalue weighted by Gasteiger charge is 2.39. The van der Waals surface area contributed by atoms with Gasteiger partial charge in [-0.25, -0.2) is 9.59 Å². The van der Waals surface area contributed by atoms with Crippen molar-refractivity contribution in [3.05, 3.63) is 64.7 Å². The Balaban J connectivity index is 1.08. The van der Waals surface area contributed by atoms with Crippen LogP contribution in [0, 0.1) is 0 Å². The molecular weight excluding hydrogens is 578 g/mol. The first-order valence-electron chi connectivity index (χ1n) is 17.4. The summed E-state index contributed by atoms with van der Waals surface area (Å²) in [6, 6.07) is 14.1. The van der Waals surface area contributed by atoms with E-state index in [0.717, 1.165) is 75.3 Å². The summed E-state index contributed by atoms with van der Waals surface area (Å²) in [5.41, 5.74) is 5.75. The molecule has 2 aromatic rings. The van der Waals surface area contributed by atoms with E-state index in [4.69, 9.17) is 0 Å². The minimum Gasteiger partial charge on any atom is -0.338 e. The van der Waals surface area contributed by atoms with Gasteiger partial charge in [-0.2, -0.15) is 0 Å². The van der Waals surface area contributed by atoms with Crippen molar-refractivity contribution in [2.45, 2.75) is 70.5 Å². The summed E-state index contributed by atoms with van der Waals surface area (Å²) < 4.78 is 0. The molecule has 1 atom stereocenters. The lowest BCUT2D eigenvalue weighted by Crippen LogP contribution is -2.66. The number of para-hydroxylation sites is 1. The van der Waals surface area contributed by atoms with Gasteiger partial charge in [0.15, 0.2) is 0 Å². The predicted octanol–water partition coefficient (Wildman–Crippen LogP) is 3.44. The van der Waals surface area contributed by atoms with Crippen molar-refractivity contribution in [1.82, 2.24) is 29.8 Å². The second-order valence-electron chi connectivity index (χ2n) is 13.5. The summed E-state index contributed by atoms with van der Waals surface area (Å²) in [5.74, 6) is 0.00651. The molecule has 5 amide bonds. The zero-order chi connectivity index (χ0) is 32.2. The van der Waals surface area contributed by atoms with Crippen LogP contribution in [0.25, 0.3) is 0 Å². The number of nitrogens with one attached hydrogen (secondary N) is 2. The van der Waals surface area contributed by atoms with Crippen LogP contribution >= 0.6 is 0 Å². The van der Waals surface area contributed by atoms with Gasteiger partial charge in [-0.05, 0) is 67.5 Å². The van der Waals surface area contributed by atoms with Gasteiger partial charge in [0, 0.05) is 83.1 Å². The number of urea groups is 2. The van der Waals surface area contributed by atoms with Crippen molar-refractivity contribution >= 4 is 23.7 Å². The maximum Gasteiger partial charge on any atom is 0.322 e. The molecule has 0 aromatic heterocycles. The highest BCUT2D eigenvalue weighted by atomic mass is 16.2. The van der Waals surface area contributed by atoms with Crippen LogP contribution in [-0.2, 0) is 30.5 Å². The number of piperidine rings is 1. The molecule has 0 unspecified atom stereocenters. The van der Waals surface area contributed by atoms with Crippen LogP contribution < -0.4 is 10.6 Å². The molecule has 0 saturated carbocycles. The molecule has 0 radical (unpaired) electrons. The lowest BCUT2D eigenvalue weighted by Gasteiger charge is -2.48. The monoisotopic (exact) mass is 629 g/mol. The molecule has 2 aromatic carbocycles. The fourth-order valence-corrected chi connectivity index (χ4v) is 7.55. The third kappa shape index (κ3) is 7.18. The summed E-state index contributed by atoms with van der Waals surface area (Å²) in [6.45, 7) is 11.7. The van der Waals surface area contributed by atoms with Crippen LogP contribution in [0.5, 0.6) is 0 Å². The van der Waals surface area contributed by atoms with E-state index in [2.05, 4.69) is 65.6 Å². The number of carbonyl (C=O) groups excluding carboxylic acids is 3. The number of nitrogens with zero attached hydrogens (tertiary/aromatic N) is 5. The zero-order valence-electron chi connectivity index (χ0n) is 27.8. The molecule has 2 N–H and O–H groups in total. The first-order chi connectivity index (χ1) is 22.3. The van der Waals surface area contributed by atoms with Crippen molar-refractivity contribution in [3.8, 4) is 0 Å². The molecule has 0 aliphatic carbocycles. The Labute approximate surface area is 274 Å². The molecule has 4 heterocycles. The van der Waals surface area contributed by atoms with E-state index >= 15 is 0 Å². The van der Waals surface area contributed by atoms with Gasteiger partial charge in [-0.15, -0.1) is 0 Å². The number of aryl methyl sites for hydroxylation is 2. The Hall–Kier alpha value is -3.63. The van der Waals surface area contributed by atoms with Gasteiger partial charge in [0.2, 0.25) is 5.91 Å². The quantitative estimate of drug-likeness (QED) is 0.467. The fraction of sp³-hybridized carbons (Fsp3) is 0.583. The number of anilines is 1. The summed E-state index contributed by atoms with van der Waals surface area (Å²) in [6.07, 6.45) is 4.63. The number of piperazine rings is 1. The lowest BCUT2D eigenvalue weighted by molar-refractivity contribution is -0.141. The number of carbonyl (C=O) groups is 3. The van der Waals surface area contributed by atoms with Crippen molar-refractivity contribution in [1.29, 1.82) is 0 Å². The molecule has 10 heteroatoms. The number of likely N-dealkylation sites (tertiary alicyclic amines) is 2. The Morgan fingerprint density at radius 2 is 1.59 bits per heavy atom. The number of hydrogen-bond acceptors (Lipinski definition) is 5. The van der Waals surface area contributed by atoms with Crippen molar-refractivity contribution in [2.24, 2.45) is 0 Å². The van der Waals surface area contributed by atoms with Crippen LogP contribution in [0.3, 0.4) is 0 Å². The number of likely N-dealkylation sites (N-methyl/N-ethyl adjacent to an activating group) is 1. The Morgan fingerprint density at radius 1 is 0.870 bits per heavy atom. The summed E-state index contributed by atoms with van der Waals surface area (Å²) in [5, 5.41) is 6.23. The molecule has 6 rings (SSSR count). The van der Waals surface area contributed by atoms with Crippen LogP contribution in [0.1, 0.15) is 48.9 Å². The van der Waals surface area contributed by atoms with Crippen LogP contribution in [0.15, 0.2) is 42.5 Å². The van der Waals surface area contributed by atoms with Crippen LogP contribution in [-0.4, -0.2) is 127 Å². The topological polar surface area (TPSA) is 91.5 Å². The highest BCUT2D eigenvalue weighted by Crippen LogP contribution is 2.25. The van der Waals surface area contributed by atoms with Gasteiger partial charge in [0.1, 0.15) is 6.04 Å². The van der Waals surface area contributed by atoms with Gasteiger partial charge < -0.3 is 30.2 Å². The highest BCUT2D eigenvalue weighted by molar-refractivity contribution is 5.91. The minimum absolute atomic E-state index is 0.00651. The summed E-state index contributed by atoms with van der Waals surface area (Å²) in [7, 11) is 2.16. The first-order valence-corrected chi connectivity index (χ1v) is 17.4. The largest absolute Gasteiger partial charge is 0.338 e. The summed E-state index contributed by atoms with van der Waals surface area (Å²) in [4.78, 5) is 51.3. The van der Waals surface area contributed by atoms with Crippen molar-refractivity contribution in [3.63, 3.8) is 0 Å². The van der Waals surface area contributed by atoms with E-state index in [1.54, 1.807) is 0 Å². The summed E-state index contributed by atoms with van der Waals surface area (Å²) >= 11 is 0. The molecule has 248 valence electrons. The molecule has 46 heavy (non-hydrogen) atoms. The van der Waals surface area contributed by atoms with E-state index in [1.807, 2.05) is 32.9 Å². The van der Waals surface area contributed by atoms with Gasteiger partial charge in [-0.3, -0.25) is 9.69 Å². The zero-order valence-corrected chi connectivity index (χ0v) is 27.8. The maximum absolute atomic E-state index is 13.9. The van der Waals surface area contributed by atoms with Gasteiger partial charge in [0.25, 0.3) is 0 Å². The third-order valence-corrected chi connectivity index (χ3v) is 10.6. The smallest absolute Gasteiger partial charge is 0.322 e. The lowest BCUT2D eigenvalue weighted by atomic mass is 9.95. The molecule has 10 nitrogen and oxygen atoms in total. The predicted molar refractivity (Wildman–Crippen MR) is 181 cm³/mol. The third-order valence-electron chi connectivity index (χ3n) is 10.6. The molecule has 3 saturated heterocycles. The van der Waals surface area contributed by atoms with Crippen molar-refractivity contribution < 1.29 is 14.4 Å².